The summed E-state index contributed by atoms with van der Waals surface area (Å²) in [7, 11) is 1.15. The molecule has 0 saturated carbocycles. The highest BCUT2D eigenvalue weighted by atomic mass is 19.1. The molecule has 0 bridgehead atoms. The van der Waals surface area contributed by atoms with Crippen molar-refractivity contribution < 1.29 is 28.6 Å². The number of Topliss-reactive ketones (excluding diaryl/α,β-unsaturated/α-hetero) is 1. The van der Waals surface area contributed by atoms with Gasteiger partial charge in [0.2, 0.25) is 0 Å². The fraction of sp³-hybridized carbons (Fsp3) is 0.267. The van der Waals surface area contributed by atoms with E-state index < -0.39 is 41.8 Å². The molecule has 1 aromatic rings. The summed E-state index contributed by atoms with van der Waals surface area (Å²) in [4.78, 5) is 36.3. The van der Waals surface area contributed by atoms with Gasteiger partial charge in [-0.1, -0.05) is 12.1 Å². The summed E-state index contributed by atoms with van der Waals surface area (Å²) in [5.41, 5.74) is 0.117. The van der Waals surface area contributed by atoms with Gasteiger partial charge in [-0.25, -0.2) is 4.39 Å². The molecule has 2 rings (SSSR count). The molecule has 0 aromatic heterocycles. The van der Waals surface area contributed by atoms with E-state index in [1.807, 2.05) is 0 Å². The lowest BCUT2D eigenvalue weighted by Gasteiger charge is -2.25. The van der Waals surface area contributed by atoms with Crippen molar-refractivity contribution in [1.29, 1.82) is 0 Å². The second kappa shape index (κ2) is 5.97. The van der Waals surface area contributed by atoms with E-state index in [1.54, 1.807) is 0 Å². The van der Waals surface area contributed by atoms with Crippen LogP contribution in [0.5, 0.6) is 0 Å². The van der Waals surface area contributed by atoms with Gasteiger partial charge in [0.15, 0.2) is 11.5 Å². The second-order valence-corrected chi connectivity index (χ2v) is 4.79. The fourth-order valence-corrected chi connectivity index (χ4v) is 2.40. The highest BCUT2D eigenvalue weighted by Crippen LogP contribution is 2.37. The number of nitrogens with zero attached hydrogens (tertiary/aromatic N) is 1. The molecule has 1 atom stereocenters. The summed E-state index contributed by atoms with van der Waals surface area (Å²) < 4.78 is 17.9. The van der Waals surface area contributed by atoms with Crippen LogP contribution in [0.4, 0.5) is 4.39 Å². The molecule has 1 aromatic carbocycles. The maximum atomic E-state index is 13.4. The minimum absolute atomic E-state index is 0.167. The molecule has 116 valence electrons. The van der Waals surface area contributed by atoms with Crippen LogP contribution in [0, 0.1) is 5.82 Å². The Morgan fingerprint density at radius 1 is 1.41 bits per heavy atom. The molecule has 1 N–H and O–H groups in total. The molecule has 0 spiro atoms. The summed E-state index contributed by atoms with van der Waals surface area (Å²) in [5, 5.41) is 9.91. The molecule has 1 amide bonds. The summed E-state index contributed by atoms with van der Waals surface area (Å²) in [5.74, 6) is -3.41. The first-order valence-corrected chi connectivity index (χ1v) is 6.44. The van der Waals surface area contributed by atoms with E-state index in [4.69, 9.17) is 0 Å². The average Bonchev–Trinajstić information content (AvgIpc) is 2.72. The smallest absolute Gasteiger partial charge is 0.325 e. The number of halogens is 1. The van der Waals surface area contributed by atoms with E-state index in [1.165, 1.54) is 25.1 Å². The minimum atomic E-state index is -1.03. The van der Waals surface area contributed by atoms with E-state index in [0.717, 1.165) is 18.1 Å². The number of hydrogen-bond acceptors (Lipinski definition) is 5. The van der Waals surface area contributed by atoms with Crippen molar-refractivity contribution in [1.82, 2.24) is 4.90 Å². The van der Waals surface area contributed by atoms with Gasteiger partial charge in [-0.2, -0.15) is 0 Å². The lowest BCUT2D eigenvalue weighted by atomic mass is 9.97. The number of amides is 1. The van der Waals surface area contributed by atoms with Crippen LogP contribution in [0.2, 0.25) is 0 Å². The Labute approximate surface area is 125 Å². The highest BCUT2D eigenvalue weighted by Gasteiger charge is 2.43. The number of carbonyl (C=O) groups is 3. The Morgan fingerprint density at radius 2 is 2.09 bits per heavy atom. The quantitative estimate of drug-likeness (QED) is 0.847. The predicted octanol–water partition coefficient (Wildman–Crippen LogP) is 1.28. The molecule has 0 aliphatic carbocycles. The fourth-order valence-electron chi connectivity index (χ4n) is 2.40. The normalized spacial score (nSPS) is 17.9. The molecule has 6 nitrogen and oxygen atoms in total. The summed E-state index contributed by atoms with van der Waals surface area (Å²) in [6.07, 6.45) is 0. The third kappa shape index (κ3) is 2.69. The van der Waals surface area contributed by atoms with Gasteiger partial charge < -0.3 is 14.7 Å². The number of aliphatic hydroxyl groups is 1. The third-order valence-corrected chi connectivity index (χ3v) is 3.37. The number of ether oxygens (including phenoxy) is 1. The summed E-state index contributed by atoms with van der Waals surface area (Å²) in [6, 6.07) is 4.25. The average molecular weight is 307 g/mol. The Bertz CT molecular complexity index is 682. The molecule has 0 radical (unpaired) electrons. The predicted molar refractivity (Wildman–Crippen MR) is 73.2 cm³/mol. The van der Waals surface area contributed by atoms with Gasteiger partial charge in [-0.05, 0) is 24.6 Å². The molecule has 1 aliphatic heterocycles. The molecule has 1 aliphatic rings. The largest absolute Gasteiger partial charge is 0.503 e. The van der Waals surface area contributed by atoms with Gasteiger partial charge in [-0.3, -0.25) is 14.4 Å². The van der Waals surface area contributed by atoms with Crippen molar-refractivity contribution in [2.75, 3.05) is 13.7 Å². The Balaban J connectivity index is 2.52. The summed E-state index contributed by atoms with van der Waals surface area (Å²) in [6.45, 7) is 0.726. The molecule has 1 heterocycles. The lowest BCUT2D eigenvalue weighted by Crippen LogP contribution is -2.36. The van der Waals surface area contributed by atoms with Crippen molar-refractivity contribution >= 4 is 17.7 Å². The molecular weight excluding hydrogens is 293 g/mol. The second-order valence-electron chi connectivity index (χ2n) is 4.79. The van der Waals surface area contributed by atoms with Crippen LogP contribution in [-0.4, -0.2) is 41.3 Å². The molecule has 0 fully saturated rings. The van der Waals surface area contributed by atoms with Gasteiger partial charge in [0.05, 0.1) is 18.7 Å². The van der Waals surface area contributed by atoms with E-state index in [9.17, 15) is 23.9 Å². The molecule has 22 heavy (non-hydrogen) atoms. The third-order valence-electron chi connectivity index (χ3n) is 3.37. The SMILES string of the molecule is COC(=O)CN1C(=O)C(O)=C(C(C)=O)[C@H]1c1cccc(F)c1. The topological polar surface area (TPSA) is 83.9 Å². The van der Waals surface area contributed by atoms with Gasteiger partial charge in [0.25, 0.3) is 5.91 Å². The number of rotatable bonds is 4. The van der Waals surface area contributed by atoms with Crippen LogP contribution < -0.4 is 0 Å². The van der Waals surface area contributed by atoms with Crippen molar-refractivity contribution in [3.8, 4) is 0 Å². The van der Waals surface area contributed by atoms with Crippen molar-refractivity contribution in [2.24, 2.45) is 0 Å². The maximum Gasteiger partial charge on any atom is 0.325 e. The van der Waals surface area contributed by atoms with Gasteiger partial charge in [-0.15, -0.1) is 0 Å². The van der Waals surface area contributed by atoms with Crippen LogP contribution in [-0.2, 0) is 19.1 Å². The standard InChI is InChI=1S/C15H14FNO5/c1-8(18)12-13(9-4-3-5-10(16)6-9)17(7-11(19)22-2)15(21)14(12)20/h3-6,13,20H,7H2,1-2H3/t13-/m1/s1. The highest BCUT2D eigenvalue weighted by molar-refractivity contribution is 6.08. The Morgan fingerprint density at radius 3 is 2.64 bits per heavy atom. The maximum absolute atomic E-state index is 13.4. The van der Waals surface area contributed by atoms with Crippen molar-refractivity contribution in [3.63, 3.8) is 0 Å². The summed E-state index contributed by atoms with van der Waals surface area (Å²) >= 11 is 0. The first-order chi connectivity index (χ1) is 10.4. The van der Waals surface area contributed by atoms with Crippen LogP contribution in [0.25, 0.3) is 0 Å². The van der Waals surface area contributed by atoms with Gasteiger partial charge in [0, 0.05) is 0 Å². The molecular formula is C15H14FNO5. The van der Waals surface area contributed by atoms with Crippen molar-refractivity contribution in [3.05, 3.63) is 47.0 Å². The van der Waals surface area contributed by atoms with E-state index in [-0.39, 0.29) is 11.1 Å². The number of benzene rings is 1. The van der Waals surface area contributed by atoms with E-state index in [2.05, 4.69) is 4.74 Å². The van der Waals surface area contributed by atoms with E-state index >= 15 is 0 Å². The van der Waals surface area contributed by atoms with Crippen LogP contribution >= 0.6 is 0 Å². The van der Waals surface area contributed by atoms with Crippen LogP contribution in [0.3, 0.4) is 0 Å². The molecule has 7 heteroatoms. The number of methoxy groups -OCH3 is 1. The number of hydrogen-bond donors (Lipinski definition) is 1. The number of aliphatic hydroxyl groups excluding tert-OH is 1. The van der Waals surface area contributed by atoms with Crippen molar-refractivity contribution in [2.45, 2.75) is 13.0 Å². The zero-order valence-electron chi connectivity index (χ0n) is 12.0. The monoisotopic (exact) mass is 307 g/mol. The van der Waals surface area contributed by atoms with E-state index in [0.29, 0.717) is 0 Å². The zero-order chi connectivity index (χ0) is 16.4. The zero-order valence-corrected chi connectivity index (χ0v) is 12.0. The minimum Gasteiger partial charge on any atom is -0.503 e. The number of carbonyl (C=O) groups excluding carboxylic acids is 3. The number of esters is 1. The Hall–Kier alpha value is -2.70. The van der Waals surface area contributed by atoms with Crippen LogP contribution in [0.1, 0.15) is 18.5 Å². The van der Waals surface area contributed by atoms with Gasteiger partial charge >= 0.3 is 5.97 Å². The van der Waals surface area contributed by atoms with Gasteiger partial charge in [0.1, 0.15) is 12.4 Å². The molecule has 0 saturated heterocycles. The lowest BCUT2D eigenvalue weighted by molar-refractivity contribution is -0.146. The Kier molecular flexibility index (Phi) is 4.25. The first-order valence-electron chi connectivity index (χ1n) is 6.44. The number of ketones is 1. The van der Waals surface area contributed by atoms with Crippen LogP contribution in [0.15, 0.2) is 35.6 Å². The molecule has 0 unspecified atom stereocenters. The first kappa shape index (κ1) is 15.7.